The summed E-state index contributed by atoms with van der Waals surface area (Å²) < 4.78 is 0. The van der Waals surface area contributed by atoms with Crippen LogP contribution < -0.4 is 5.32 Å². The zero-order valence-corrected chi connectivity index (χ0v) is 12.3. The Hall–Kier alpha value is -0.380. The summed E-state index contributed by atoms with van der Waals surface area (Å²) in [4.78, 5) is 4.13. The SMILES string of the molecule is CCCN(CCNCCc1cccs1)CC1CC1. The first-order valence-corrected chi connectivity index (χ1v) is 8.22. The monoisotopic (exact) mass is 266 g/mol. The number of hydrogen-bond donors (Lipinski definition) is 1. The summed E-state index contributed by atoms with van der Waals surface area (Å²) in [5.74, 6) is 1.02. The molecule has 2 rings (SSSR count). The van der Waals surface area contributed by atoms with Gasteiger partial charge in [-0.25, -0.2) is 0 Å². The van der Waals surface area contributed by atoms with Crippen LogP contribution in [0, 0.1) is 5.92 Å². The van der Waals surface area contributed by atoms with Gasteiger partial charge in [-0.3, -0.25) is 0 Å². The van der Waals surface area contributed by atoms with Crippen molar-refractivity contribution in [1.29, 1.82) is 0 Å². The van der Waals surface area contributed by atoms with Crippen LogP contribution in [-0.4, -0.2) is 37.6 Å². The Morgan fingerprint density at radius 1 is 1.33 bits per heavy atom. The molecule has 1 fully saturated rings. The van der Waals surface area contributed by atoms with Gasteiger partial charge in [0.15, 0.2) is 0 Å². The first kappa shape index (κ1) is 14.0. The highest BCUT2D eigenvalue weighted by atomic mass is 32.1. The fourth-order valence-corrected chi connectivity index (χ4v) is 3.01. The molecule has 3 heteroatoms. The smallest absolute Gasteiger partial charge is 0.0107 e. The summed E-state index contributed by atoms with van der Waals surface area (Å²) >= 11 is 1.86. The minimum absolute atomic E-state index is 1.02. The maximum absolute atomic E-state index is 3.57. The molecule has 0 unspecified atom stereocenters. The van der Waals surface area contributed by atoms with Crippen LogP contribution in [0.25, 0.3) is 0 Å². The third-order valence-corrected chi connectivity index (χ3v) is 4.42. The summed E-state index contributed by atoms with van der Waals surface area (Å²) in [6.07, 6.45) is 5.38. The largest absolute Gasteiger partial charge is 0.315 e. The van der Waals surface area contributed by atoms with E-state index in [4.69, 9.17) is 0 Å². The van der Waals surface area contributed by atoms with E-state index in [1.807, 2.05) is 11.3 Å². The summed E-state index contributed by atoms with van der Waals surface area (Å²) in [6, 6.07) is 4.36. The second-order valence-electron chi connectivity index (χ2n) is 5.32. The molecule has 0 radical (unpaired) electrons. The standard InChI is InChI=1S/C15H26N2S/c1-2-10-17(13-14-5-6-14)11-9-16-8-7-15-4-3-12-18-15/h3-4,12,14,16H,2,5-11,13H2,1H3. The molecule has 0 aliphatic heterocycles. The molecule has 0 saturated heterocycles. The van der Waals surface area contributed by atoms with Gasteiger partial charge in [-0.1, -0.05) is 13.0 Å². The lowest BCUT2D eigenvalue weighted by molar-refractivity contribution is 0.263. The summed E-state index contributed by atoms with van der Waals surface area (Å²) in [5.41, 5.74) is 0. The average Bonchev–Trinajstić information content (AvgIpc) is 3.03. The van der Waals surface area contributed by atoms with E-state index in [0.29, 0.717) is 0 Å². The van der Waals surface area contributed by atoms with Gasteiger partial charge in [0.2, 0.25) is 0 Å². The van der Waals surface area contributed by atoms with E-state index in [2.05, 4.69) is 34.7 Å². The lowest BCUT2D eigenvalue weighted by Crippen LogP contribution is -2.34. The molecule has 1 aliphatic carbocycles. The number of hydrogen-bond acceptors (Lipinski definition) is 3. The van der Waals surface area contributed by atoms with E-state index < -0.39 is 0 Å². The van der Waals surface area contributed by atoms with Crippen molar-refractivity contribution in [3.05, 3.63) is 22.4 Å². The lowest BCUT2D eigenvalue weighted by atomic mass is 10.3. The summed E-state index contributed by atoms with van der Waals surface area (Å²) in [7, 11) is 0. The van der Waals surface area contributed by atoms with Crippen molar-refractivity contribution >= 4 is 11.3 Å². The van der Waals surface area contributed by atoms with E-state index >= 15 is 0 Å². The summed E-state index contributed by atoms with van der Waals surface area (Å²) in [5, 5.41) is 5.73. The van der Waals surface area contributed by atoms with Gasteiger partial charge in [0, 0.05) is 31.1 Å². The minimum Gasteiger partial charge on any atom is -0.315 e. The highest BCUT2D eigenvalue weighted by Gasteiger charge is 2.23. The van der Waals surface area contributed by atoms with Crippen molar-refractivity contribution in [3.63, 3.8) is 0 Å². The molecular formula is C15H26N2S. The van der Waals surface area contributed by atoms with E-state index in [1.54, 1.807) is 0 Å². The Labute approximate surface area is 115 Å². The number of thiophene rings is 1. The molecule has 2 nitrogen and oxygen atoms in total. The zero-order chi connectivity index (χ0) is 12.6. The quantitative estimate of drug-likeness (QED) is 0.655. The van der Waals surface area contributed by atoms with Crippen molar-refractivity contribution in [2.45, 2.75) is 32.6 Å². The van der Waals surface area contributed by atoms with Crippen molar-refractivity contribution in [2.75, 3.05) is 32.7 Å². The van der Waals surface area contributed by atoms with E-state index in [0.717, 1.165) is 19.0 Å². The molecule has 1 N–H and O–H groups in total. The third-order valence-electron chi connectivity index (χ3n) is 3.49. The second kappa shape index (κ2) is 7.93. The zero-order valence-electron chi connectivity index (χ0n) is 11.5. The lowest BCUT2D eigenvalue weighted by Gasteiger charge is -2.21. The third kappa shape index (κ3) is 5.51. The first-order chi connectivity index (χ1) is 8.88. The fraction of sp³-hybridized carbons (Fsp3) is 0.733. The van der Waals surface area contributed by atoms with Crippen LogP contribution in [0.3, 0.4) is 0 Å². The Morgan fingerprint density at radius 2 is 2.22 bits per heavy atom. The van der Waals surface area contributed by atoms with Crippen LogP contribution in [0.1, 0.15) is 31.1 Å². The normalized spacial score (nSPS) is 15.4. The summed E-state index contributed by atoms with van der Waals surface area (Å²) in [6.45, 7) is 8.35. The number of nitrogens with one attached hydrogen (secondary N) is 1. The molecule has 1 heterocycles. The van der Waals surface area contributed by atoms with Gasteiger partial charge >= 0.3 is 0 Å². The molecule has 18 heavy (non-hydrogen) atoms. The number of rotatable bonds is 10. The van der Waals surface area contributed by atoms with Crippen LogP contribution in [0.15, 0.2) is 17.5 Å². The van der Waals surface area contributed by atoms with E-state index in [9.17, 15) is 0 Å². The maximum atomic E-state index is 3.57. The minimum atomic E-state index is 1.02. The molecule has 0 bridgehead atoms. The van der Waals surface area contributed by atoms with Gasteiger partial charge in [-0.15, -0.1) is 11.3 Å². The van der Waals surface area contributed by atoms with Crippen LogP contribution in [0.2, 0.25) is 0 Å². The predicted molar refractivity (Wildman–Crippen MR) is 80.3 cm³/mol. The van der Waals surface area contributed by atoms with Crippen LogP contribution in [-0.2, 0) is 6.42 Å². The van der Waals surface area contributed by atoms with Gasteiger partial charge in [0.1, 0.15) is 0 Å². The van der Waals surface area contributed by atoms with Gasteiger partial charge in [-0.05, 0) is 49.6 Å². The van der Waals surface area contributed by atoms with Crippen LogP contribution in [0.5, 0.6) is 0 Å². The predicted octanol–water partition coefficient (Wildman–Crippen LogP) is 3.00. The van der Waals surface area contributed by atoms with Crippen molar-refractivity contribution in [3.8, 4) is 0 Å². The average molecular weight is 266 g/mol. The Balaban J connectivity index is 1.52. The van der Waals surface area contributed by atoms with Crippen molar-refractivity contribution in [2.24, 2.45) is 5.92 Å². The van der Waals surface area contributed by atoms with Crippen LogP contribution in [0.4, 0.5) is 0 Å². The topological polar surface area (TPSA) is 15.3 Å². The molecule has 102 valence electrons. The van der Waals surface area contributed by atoms with Gasteiger partial charge in [0.25, 0.3) is 0 Å². The molecule has 0 amide bonds. The first-order valence-electron chi connectivity index (χ1n) is 7.34. The van der Waals surface area contributed by atoms with Gasteiger partial charge in [-0.2, -0.15) is 0 Å². The van der Waals surface area contributed by atoms with Gasteiger partial charge < -0.3 is 10.2 Å². The van der Waals surface area contributed by atoms with Crippen molar-refractivity contribution < 1.29 is 0 Å². The Morgan fingerprint density at radius 3 is 2.89 bits per heavy atom. The van der Waals surface area contributed by atoms with Crippen molar-refractivity contribution in [1.82, 2.24) is 10.2 Å². The molecule has 1 aliphatic rings. The maximum Gasteiger partial charge on any atom is 0.0107 e. The Kier molecular flexibility index (Phi) is 6.18. The Bertz CT molecular complexity index is 306. The molecule has 0 spiro atoms. The second-order valence-corrected chi connectivity index (χ2v) is 6.36. The fourth-order valence-electron chi connectivity index (χ4n) is 2.30. The number of nitrogens with zero attached hydrogens (tertiary/aromatic N) is 1. The molecular weight excluding hydrogens is 240 g/mol. The molecule has 0 aromatic carbocycles. The van der Waals surface area contributed by atoms with Gasteiger partial charge in [0.05, 0.1) is 0 Å². The molecule has 1 aromatic rings. The van der Waals surface area contributed by atoms with E-state index in [-0.39, 0.29) is 0 Å². The molecule has 0 atom stereocenters. The van der Waals surface area contributed by atoms with Crippen LogP contribution >= 0.6 is 11.3 Å². The molecule has 1 saturated carbocycles. The molecule has 1 aromatic heterocycles. The highest BCUT2D eigenvalue weighted by Crippen LogP contribution is 2.29. The highest BCUT2D eigenvalue weighted by molar-refractivity contribution is 7.09. The van der Waals surface area contributed by atoms with E-state index in [1.165, 1.54) is 50.2 Å².